The van der Waals surface area contributed by atoms with Crippen molar-refractivity contribution in [3.8, 4) is 22.6 Å². The largest absolute Gasteiger partial charge is 0.491 e. The molecule has 0 unspecified atom stereocenters. The zero-order valence-electron chi connectivity index (χ0n) is 16.5. The monoisotopic (exact) mass is 436 g/mol. The van der Waals surface area contributed by atoms with Crippen molar-refractivity contribution in [2.45, 2.75) is 12.8 Å². The molecule has 0 aliphatic heterocycles. The molecule has 4 aromatic rings. The summed E-state index contributed by atoms with van der Waals surface area (Å²) in [6.07, 6.45) is 1.72. The lowest BCUT2D eigenvalue weighted by molar-refractivity contribution is 0.323. The lowest BCUT2D eigenvalue weighted by atomic mass is 10.0. The Morgan fingerprint density at radius 2 is 1.10 bits per heavy atom. The summed E-state index contributed by atoms with van der Waals surface area (Å²) < 4.78 is 11.9. The molecule has 2 aromatic heterocycles. The van der Waals surface area contributed by atoms with Crippen LogP contribution < -0.4 is 20.9 Å². The highest BCUT2D eigenvalue weighted by Gasteiger charge is 2.08. The second-order valence-corrected chi connectivity index (χ2v) is 8.53. The summed E-state index contributed by atoms with van der Waals surface area (Å²) >= 11 is 3.39. The molecule has 6 heteroatoms. The van der Waals surface area contributed by atoms with Crippen LogP contribution in [0.25, 0.3) is 11.1 Å². The molecular weight excluding hydrogens is 412 g/mol. The van der Waals surface area contributed by atoms with Crippen LogP contribution in [-0.2, 0) is 12.8 Å². The number of hydrogen-bond acceptors (Lipinski definition) is 6. The van der Waals surface area contributed by atoms with E-state index < -0.39 is 0 Å². The minimum atomic E-state index is 0.586. The van der Waals surface area contributed by atoms with E-state index >= 15 is 0 Å². The van der Waals surface area contributed by atoms with E-state index in [1.807, 2.05) is 36.4 Å². The number of hydrogen-bond donors (Lipinski definition) is 2. The average molecular weight is 437 g/mol. The predicted octanol–water partition coefficient (Wildman–Crippen LogP) is 5.88. The molecule has 4 nitrogen and oxygen atoms in total. The molecule has 0 fully saturated rings. The Balaban J connectivity index is 1.44. The van der Waals surface area contributed by atoms with Crippen molar-refractivity contribution in [2.75, 3.05) is 24.7 Å². The SMILES string of the molecule is Nc1ccc(-c2ccc(N)c(OCCc3ccsc3)c2)cc1OCCc1ccsc1. The number of anilines is 2. The van der Waals surface area contributed by atoms with Crippen molar-refractivity contribution in [2.24, 2.45) is 0 Å². The third-order valence-electron chi connectivity index (χ3n) is 4.82. The fourth-order valence-corrected chi connectivity index (χ4v) is 4.51. The van der Waals surface area contributed by atoms with Crippen molar-refractivity contribution in [3.63, 3.8) is 0 Å². The molecule has 2 heterocycles. The summed E-state index contributed by atoms with van der Waals surface area (Å²) in [6, 6.07) is 15.9. The number of ether oxygens (including phenoxy) is 2. The van der Waals surface area contributed by atoms with Gasteiger partial charge in [-0.15, -0.1) is 0 Å². The summed E-state index contributed by atoms with van der Waals surface area (Å²) in [5, 5.41) is 8.42. The van der Waals surface area contributed by atoms with Crippen LogP contribution in [0, 0.1) is 0 Å². The normalized spacial score (nSPS) is 10.8. The van der Waals surface area contributed by atoms with Gasteiger partial charge in [-0.05, 0) is 80.2 Å². The second kappa shape index (κ2) is 9.69. The predicted molar refractivity (Wildman–Crippen MR) is 128 cm³/mol. The summed E-state index contributed by atoms with van der Waals surface area (Å²) in [6.45, 7) is 1.17. The Morgan fingerprint density at radius 1 is 0.633 bits per heavy atom. The van der Waals surface area contributed by atoms with Crippen LogP contribution in [0.3, 0.4) is 0 Å². The number of rotatable bonds is 9. The first-order valence-electron chi connectivity index (χ1n) is 9.76. The van der Waals surface area contributed by atoms with E-state index in [0.29, 0.717) is 36.1 Å². The van der Waals surface area contributed by atoms with Crippen LogP contribution in [0.5, 0.6) is 11.5 Å². The van der Waals surface area contributed by atoms with Crippen LogP contribution in [-0.4, -0.2) is 13.2 Å². The molecule has 0 aliphatic rings. The fourth-order valence-electron chi connectivity index (χ4n) is 3.11. The van der Waals surface area contributed by atoms with Gasteiger partial charge in [0.05, 0.1) is 24.6 Å². The van der Waals surface area contributed by atoms with Crippen molar-refractivity contribution >= 4 is 34.0 Å². The lowest BCUT2D eigenvalue weighted by Gasteiger charge is -2.13. The highest BCUT2D eigenvalue weighted by molar-refractivity contribution is 7.08. The van der Waals surface area contributed by atoms with E-state index in [9.17, 15) is 0 Å². The maximum absolute atomic E-state index is 6.13. The van der Waals surface area contributed by atoms with E-state index in [1.165, 1.54) is 11.1 Å². The fraction of sp³-hybridized carbons (Fsp3) is 0.167. The van der Waals surface area contributed by atoms with Gasteiger partial charge in [-0.3, -0.25) is 0 Å². The number of thiophene rings is 2. The number of nitrogen functional groups attached to an aromatic ring is 2. The van der Waals surface area contributed by atoms with Gasteiger partial charge < -0.3 is 20.9 Å². The molecule has 0 aliphatic carbocycles. The van der Waals surface area contributed by atoms with Crippen LogP contribution in [0.2, 0.25) is 0 Å². The lowest BCUT2D eigenvalue weighted by Crippen LogP contribution is -2.04. The van der Waals surface area contributed by atoms with Gasteiger partial charge in [0.2, 0.25) is 0 Å². The third-order valence-corrected chi connectivity index (χ3v) is 6.28. The first-order chi connectivity index (χ1) is 14.7. The molecule has 0 atom stereocenters. The molecule has 30 heavy (non-hydrogen) atoms. The molecule has 2 aromatic carbocycles. The minimum Gasteiger partial charge on any atom is -0.491 e. The molecule has 0 bridgehead atoms. The zero-order chi connectivity index (χ0) is 20.8. The maximum atomic E-state index is 6.13. The Kier molecular flexibility index (Phi) is 6.57. The van der Waals surface area contributed by atoms with Crippen molar-refractivity contribution in [3.05, 3.63) is 81.2 Å². The van der Waals surface area contributed by atoms with E-state index in [4.69, 9.17) is 20.9 Å². The van der Waals surface area contributed by atoms with Gasteiger partial charge in [0.25, 0.3) is 0 Å². The van der Waals surface area contributed by atoms with Crippen LogP contribution in [0.1, 0.15) is 11.1 Å². The van der Waals surface area contributed by atoms with Gasteiger partial charge in [-0.1, -0.05) is 12.1 Å². The summed E-state index contributed by atoms with van der Waals surface area (Å²) in [5.41, 5.74) is 18.1. The van der Waals surface area contributed by atoms with Gasteiger partial charge in [-0.2, -0.15) is 22.7 Å². The molecule has 154 valence electrons. The zero-order valence-corrected chi connectivity index (χ0v) is 18.2. The van der Waals surface area contributed by atoms with Gasteiger partial charge in [0.15, 0.2) is 0 Å². The van der Waals surface area contributed by atoms with Crippen LogP contribution in [0.4, 0.5) is 11.4 Å². The highest BCUT2D eigenvalue weighted by atomic mass is 32.1. The molecule has 4 rings (SSSR count). The van der Waals surface area contributed by atoms with Crippen molar-refractivity contribution in [1.82, 2.24) is 0 Å². The van der Waals surface area contributed by atoms with Gasteiger partial charge >= 0.3 is 0 Å². The Hall–Kier alpha value is -2.96. The second-order valence-electron chi connectivity index (χ2n) is 6.97. The highest BCUT2D eigenvalue weighted by Crippen LogP contribution is 2.33. The smallest absolute Gasteiger partial charge is 0.142 e. The molecular formula is C24H24N2O2S2. The number of nitrogens with two attached hydrogens (primary N) is 2. The van der Waals surface area contributed by atoms with Crippen molar-refractivity contribution in [1.29, 1.82) is 0 Å². The molecule has 0 amide bonds. The Morgan fingerprint density at radius 3 is 1.50 bits per heavy atom. The molecule has 4 N–H and O–H groups in total. The molecule has 0 saturated heterocycles. The maximum Gasteiger partial charge on any atom is 0.142 e. The third kappa shape index (κ3) is 5.14. The van der Waals surface area contributed by atoms with Gasteiger partial charge in [0, 0.05) is 12.8 Å². The first kappa shape index (κ1) is 20.3. The standard InChI is InChI=1S/C24H24N2O2S2/c25-21-3-1-19(13-23(21)27-9-5-17-7-11-29-15-17)20-2-4-22(26)24(14-20)28-10-6-18-8-12-30-16-18/h1-4,7-8,11-16H,5-6,9-10,25-26H2. The van der Waals surface area contributed by atoms with Crippen LogP contribution >= 0.6 is 22.7 Å². The first-order valence-corrected chi connectivity index (χ1v) is 11.6. The Labute approximate surface area is 184 Å². The van der Waals surface area contributed by atoms with E-state index in [2.05, 4.69) is 33.7 Å². The van der Waals surface area contributed by atoms with E-state index in [-0.39, 0.29) is 0 Å². The van der Waals surface area contributed by atoms with Gasteiger partial charge in [0.1, 0.15) is 11.5 Å². The Bertz CT molecular complexity index is 989. The molecule has 0 saturated carbocycles. The molecule has 0 radical (unpaired) electrons. The van der Waals surface area contributed by atoms with E-state index in [1.54, 1.807) is 22.7 Å². The van der Waals surface area contributed by atoms with Crippen LogP contribution in [0.15, 0.2) is 70.1 Å². The molecule has 0 spiro atoms. The minimum absolute atomic E-state index is 0.586. The quantitative estimate of drug-likeness (QED) is 0.321. The number of benzene rings is 2. The van der Waals surface area contributed by atoms with Crippen molar-refractivity contribution < 1.29 is 9.47 Å². The summed E-state index contributed by atoms with van der Waals surface area (Å²) in [7, 11) is 0. The van der Waals surface area contributed by atoms with E-state index in [0.717, 1.165) is 24.0 Å². The van der Waals surface area contributed by atoms with Gasteiger partial charge in [-0.25, -0.2) is 0 Å². The summed E-state index contributed by atoms with van der Waals surface area (Å²) in [5.74, 6) is 1.39. The summed E-state index contributed by atoms with van der Waals surface area (Å²) in [4.78, 5) is 0. The topological polar surface area (TPSA) is 70.5 Å². The average Bonchev–Trinajstić information content (AvgIpc) is 3.45.